The van der Waals surface area contributed by atoms with Crippen LogP contribution in [0.5, 0.6) is 0 Å². The highest BCUT2D eigenvalue weighted by Gasteiger charge is 2.31. The Labute approximate surface area is 84.5 Å². The Morgan fingerprint density at radius 3 is 2.57 bits per heavy atom. The summed E-state index contributed by atoms with van der Waals surface area (Å²) in [4.78, 5) is 14.9. The second-order valence-corrected chi connectivity index (χ2v) is 3.44. The van der Waals surface area contributed by atoms with Crippen LogP contribution in [0.3, 0.4) is 0 Å². The Kier molecular flexibility index (Phi) is 4.91. The molecule has 0 aromatic carbocycles. The zero-order chi connectivity index (χ0) is 11.2. The fourth-order valence-corrected chi connectivity index (χ4v) is 1.13. The number of allylic oxidation sites excluding steroid dienone is 2. The third kappa shape index (κ3) is 4.07. The Balaban J connectivity index is 4.56. The minimum atomic E-state index is -1.10. The van der Waals surface area contributed by atoms with Gasteiger partial charge in [-0.25, -0.2) is 4.79 Å². The van der Waals surface area contributed by atoms with Crippen LogP contribution in [0, 0.1) is 0 Å². The van der Waals surface area contributed by atoms with Crippen molar-refractivity contribution in [2.24, 2.45) is 10.7 Å². The molecule has 0 fully saturated rings. The number of rotatable bonds is 5. The minimum Gasteiger partial charge on any atom is -0.479 e. The highest BCUT2D eigenvalue weighted by atomic mass is 16.4. The Morgan fingerprint density at radius 1 is 1.64 bits per heavy atom. The molecule has 0 aliphatic heterocycles. The molecule has 4 heteroatoms. The topological polar surface area (TPSA) is 75.7 Å². The maximum atomic E-state index is 11.0. The summed E-state index contributed by atoms with van der Waals surface area (Å²) in [5.41, 5.74) is 4.29. The molecule has 0 aromatic rings. The van der Waals surface area contributed by atoms with Gasteiger partial charge >= 0.3 is 5.97 Å². The zero-order valence-electron chi connectivity index (χ0n) is 8.95. The predicted molar refractivity (Wildman–Crippen MR) is 57.4 cm³/mol. The van der Waals surface area contributed by atoms with E-state index in [1.54, 1.807) is 13.8 Å². The predicted octanol–water partition coefficient (Wildman–Crippen LogP) is 1.56. The number of aliphatic carboxylic acids is 1. The molecule has 1 atom stereocenters. The number of hydrogen-bond donors (Lipinski definition) is 2. The van der Waals surface area contributed by atoms with Crippen molar-refractivity contribution in [3.63, 3.8) is 0 Å². The van der Waals surface area contributed by atoms with Crippen molar-refractivity contribution in [1.29, 1.82) is 0 Å². The summed E-state index contributed by atoms with van der Waals surface area (Å²) in [5, 5.41) is 8.99. The Hall–Kier alpha value is -1.32. The lowest BCUT2D eigenvalue weighted by atomic mass is 9.96. The second kappa shape index (κ2) is 5.42. The summed E-state index contributed by atoms with van der Waals surface area (Å²) in [6.45, 7) is 5.07. The van der Waals surface area contributed by atoms with E-state index < -0.39 is 11.5 Å². The lowest BCUT2D eigenvalue weighted by Gasteiger charge is -2.19. The normalized spacial score (nSPS) is 16.9. The largest absolute Gasteiger partial charge is 0.479 e. The quantitative estimate of drug-likeness (QED) is 0.400. The molecule has 0 aliphatic carbocycles. The number of carboxylic acid groups (broad SMARTS) is 1. The van der Waals surface area contributed by atoms with E-state index in [4.69, 9.17) is 10.8 Å². The van der Waals surface area contributed by atoms with Crippen LogP contribution in [0.4, 0.5) is 0 Å². The molecule has 0 aliphatic rings. The van der Waals surface area contributed by atoms with Gasteiger partial charge in [-0.1, -0.05) is 12.2 Å². The monoisotopic (exact) mass is 198 g/mol. The average molecular weight is 198 g/mol. The van der Waals surface area contributed by atoms with E-state index in [0.29, 0.717) is 18.7 Å². The second-order valence-electron chi connectivity index (χ2n) is 3.44. The molecule has 0 aromatic heterocycles. The summed E-state index contributed by atoms with van der Waals surface area (Å²) in [6, 6.07) is 0. The van der Waals surface area contributed by atoms with Crippen molar-refractivity contribution in [3.05, 3.63) is 12.2 Å². The first-order valence-electron chi connectivity index (χ1n) is 4.59. The van der Waals surface area contributed by atoms with Gasteiger partial charge in [-0.2, -0.15) is 0 Å². The van der Waals surface area contributed by atoms with E-state index in [0.717, 1.165) is 0 Å². The number of carboxylic acids is 1. The summed E-state index contributed by atoms with van der Waals surface area (Å²) in [7, 11) is 0. The van der Waals surface area contributed by atoms with Crippen LogP contribution >= 0.6 is 0 Å². The lowest BCUT2D eigenvalue weighted by molar-refractivity contribution is -0.142. The SMILES string of the molecule is CC=CCCC(C)(N=C(C)N)C(=O)O. The molecule has 0 radical (unpaired) electrons. The van der Waals surface area contributed by atoms with E-state index in [-0.39, 0.29) is 0 Å². The molecular formula is C10H18N2O2. The van der Waals surface area contributed by atoms with Crippen LogP contribution in [-0.4, -0.2) is 22.5 Å². The first-order chi connectivity index (χ1) is 6.42. The van der Waals surface area contributed by atoms with Crippen molar-refractivity contribution in [2.45, 2.75) is 39.2 Å². The molecule has 0 heterocycles. The van der Waals surface area contributed by atoms with Crippen LogP contribution in [0.15, 0.2) is 17.1 Å². The molecule has 1 unspecified atom stereocenters. The van der Waals surface area contributed by atoms with E-state index >= 15 is 0 Å². The number of amidine groups is 1. The van der Waals surface area contributed by atoms with Crippen molar-refractivity contribution < 1.29 is 9.90 Å². The van der Waals surface area contributed by atoms with Crippen LogP contribution in [0.25, 0.3) is 0 Å². The van der Waals surface area contributed by atoms with Gasteiger partial charge in [0.25, 0.3) is 0 Å². The highest BCUT2D eigenvalue weighted by molar-refractivity contribution is 5.85. The number of carbonyl (C=O) groups is 1. The Morgan fingerprint density at radius 2 is 2.21 bits per heavy atom. The first-order valence-corrected chi connectivity index (χ1v) is 4.59. The molecule has 0 saturated heterocycles. The molecule has 0 saturated carbocycles. The zero-order valence-corrected chi connectivity index (χ0v) is 8.95. The summed E-state index contributed by atoms with van der Waals surface area (Å²) in [6.07, 6.45) is 4.96. The summed E-state index contributed by atoms with van der Waals surface area (Å²) >= 11 is 0. The van der Waals surface area contributed by atoms with E-state index in [9.17, 15) is 4.79 Å². The van der Waals surface area contributed by atoms with Crippen LogP contribution < -0.4 is 5.73 Å². The molecule has 0 bridgehead atoms. The fraction of sp³-hybridized carbons (Fsp3) is 0.600. The molecule has 4 nitrogen and oxygen atoms in total. The fourth-order valence-electron chi connectivity index (χ4n) is 1.13. The third-order valence-corrected chi connectivity index (χ3v) is 1.92. The van der Waals surface area contributed by atoms with Gasteiger partial charge in [0.15, 0.2) is 5.54 Å². The third-order valence-electron chi connectivity index (χ3n) is 1.92. The summed E-state index contributed by atoms with van der Waals surface area (Å²) < 4.78 is 0. The van der Waals surface area contributed by atoms with Crippen molar-refractivity contribution >= 4 is 11.8 Å². The molecule has 3 N–H and O–H groups in total. The molecule has 0 amide bonds. The average Bonchev–Trinajstić information content (AvgIpc) is 2.03. The van der Waals surface area contributed by atoms with Crippen LogP contribution in [0.2, 0.25) is 0 Å². The van der Waals surface area contributed by atoms with Gasteiger partial charge in [-0.15, -0.1) is 0 Å². The maximum absolute atomic E-state index is 11.0. The summed E-state index contributed by atoms with van der Waals surface area (Å²) in [5.74, 6) is -0.637. The van der Waals surface area contributed by atoms with E-state index in [1.807, 2.05) is 19.1 Å². The van der Waals surface area contributed by atoms with Gasteiger partial charge in [-0.3, -0.25) is 4.99 Å². The van der Waals surface area contributed by atoms with Crippen molar-refractivity contribution in [2.75, 3.05) is 0 Å². The van der Waals surface area contributed by atoms with Gasteiger partial charge in [0.05, 0.1) is 5.84 Å². The number of aliphatic imine (C=N–C) groups is 1. The number of nitrogens with zero attached hydrogens (tertiary/aromatic N) is 1. The van der Waals surface area contributed by atoms with E-state index in [2.05, 4.69) is 4.99 Å². The standard InChI is InChI=1S/C10H18N2O2/c1-4-5-6-7-10(3,9(13)14)12-8(2)11/h4-5H,6-7H2,1-3H3,(H2,11,12)(H,13,14). The smallest absolute Gasteiger partial charge is 0.331 e. The van der Waals surface area contributed by atoms with E-state index in [1.165, 1.54) is 0 Å². The van der Waals surface area contributed by atoms with Gasteiger partial charge in [0, 0.05) is 0 Å². The maximum Gasteiger partial charge on any atom is 0.331 e. The van der Waals surface area contributed by atoms with Crippen molar-refractivity contribution in [3.8, 4) is 0 Å². The van der Waals surface area contributed by atoms with Gasteiger partial charge in [-0.05, 0) is 33.6 Å². The van der Waals surface area contributed by atoms with Crippen molar-refractivity contribution in [1.82, 2.24) is 0 Å². The van der Waals surface area contributed by atoms with Gasteiger partial charge in [0.2, 0.25) is 0 Å². The van der Waals surface area contributed by atoms with Gasteiger partial charge < -0.3 is 10.8 Å². The Bertz CT molecular complexity index is 255. The number of hydrogen-bond acceptors (Lipinski definition) is 2. The van der Waals surface area contributed by atoms with Crippen LogP contribution in [-0.2, 0) is 4.79 Å². The lowest BCUT2D eigenvalue weighted by Crippen LogP contribution is -2.35. The molecule has 0 rings (SSSR count). The molecule has 80 valence electrons. The van der Waals surface area contributed by atoms with Crippen LogP contribution in [0.1, 0.15) is 33.6 Å². The van der Waals surface area contributed by atoms with Gasteiger partial charge in [0.1, 0.15) is 0 Å². The minimum absolute atomic E-state index is 0.301. The first kappa shape index (κ1) is 12.7. The highest BCUT2D eigenvalue weighted by Crippen LogP contribution is 2.18. The molecular weight excluding hydrogens is 180 g/mol. The number of nitrogens with two attached hydrogens (primary N) is 1. The molecule has 0 spiro atoms. The molecule has 14 heavy (non-hydrogen) atoms.